The number of aromatic amines is 1. The lowest BCUT2D eigenvalue weighted by atomic mass is 10.2. The topological polar surface area (TPSA) is 62.0 Å². The van der Waals surface area contributed by atoms with Crippen molar-refractivity contribution < 1.29 is 4.79 Å². The molecule has 0 aliphatic rings. The summed E-state index contributed by atoms with van der Waals surface area (Å²) in [6.45, 7) is 4.11. The van der Waals surface area contributed by atoms with Gasteiger partial charge in [-0.05, 0) is 30.9 Å². The molecule has 0 fully saturated rings. The highest BCUT2D eigenvalue weighted by Gasteiger charge is 2.09. The molecule has 17 heavy (non-hydrogen) atoms. The van der Waals surface area contributed by atoms with Crippen LogP contribution >= 0.6 is 11.8 Å². The number of carbonyl (C=O) groups is 1. The van der Waals surface area contributed by atoms with Crippen LogP contribution in [0.2, 0.25) is 0 Å². The van der Waals surface area contributed by atoms with Crippen molar-refractivity contribution >= 4 is 17.7 Å². The molecule has 94 valence electrons. The molecule has 0 aliphatic heterocycles. The first-order valence-corrected chi connectivity index (χ1v) is 6.86. The van der Waals surface area contributed by atoms with Crippen LogP contribution in [-0.4, -0.2) is 28.4 Å². The summed E-state index contributed by atoms with van der Waals surface area (Å²) < 4.78 is 0. The van der Waals surface area contributed by atoms with Gasteiger partial charge in [0.15, 0.2) is 0 Å². The van der Waals surface area contributed by atoms with Gasteiger partial charge in [0.1, 0.15) is 0 Å². The van der Waals surface area contributed by atoms with Gasteiger partial charge in [0, 0.05) is 18.3 Å². The lowest BCUT2D eigenvalue weighted by molar-refractivity contribution is 0.0939. The molecule has 5 heteroatoms. The summed E-state index contributed by atoms with van der Waals surface area (Å²) in [7, 11) is 0. The van der Waals surface area contributed by atoms with Gasteiger partial charge in [-0.15, -0.1) is 0 Å². The van der Waals surface area contributed by atoms with Crippen LogP contribution in [0.4, 0.5) is 0 Å². The molecular formula is C12H18N2O2S. The first-order valence-electron chi connectivity index (χ1n) is 5.71. The van der Waals surface area contributed by atoms with E-state index < -0.39 is 0 Å². The predicted molar refractivity (Wildman–Crippen MR) is 71.6 cm³/mol. The van der Waals surface area contributed by atoms with E-state index in [0.717, 1.165) is 17.9 Å². The van der Waals surface area contributed by atoms with Gasteiger partial charge < -0.3 is 10.3 Å². The summed E-state index contributed by atoms with van der Waals surface area (Å²) in [4.78, 5) is 25.1. The minimum absolute atomic E-state index is 0.143. The number of pyridine rings is 1. The van der Waals surface area contributed by atoms with Gasteiger partial charge >= 0.3 is 0 Å². The molecule has 1 aromatic heterocycles. The summed E-state index contributed by atoms with van der Waals surface area (Å²) in [5.74, 6) is 2.00. The summed E-state index contributed by atoms with van der Waals surface area (Å²) in [6.07, 6.45) is 2.39. The number of H-pyrrole nitrogens is 1. The van der Waals surface area contributed by atoms with E-state index in [1.54, 1.807) is 0 Å². The summed E-state index contributed by atoms with van der Waals surface area (Å²) in [6, 6.07) is 3.03. The molecule has 1 atom stereocenters. The second-order valence-electron chi connectivity index (χ2n) is 3.80. The van der Waals surface area contributed by atoms with Crippen LogP contribution in [0.15, 0.2) is 23.1 Å². The van der Waals surface area contributed by atoms with E-state index in [-0.39, 0.29) is 17.5 Å². The third kappa shape index (κ3) is 5.08. The van der Waals surface area contributed by atoms with Crippen molar-refractivity contribution in [2.75, 3.05) is 11.5 Å². The maximum atomic E-state index is 11.8. The fourth-order valence-electron chi connectivity index (χ4n) is 1.34. The maximum absolute atomic E-state index is 11.8. The Morgan fingerprint density at radius 1 is 1.53 bits per heavy atom. The number of hydrogen-bond donors (Lipinski definition) is 2. The Kier molecular flexibility index (Phi) is 5.83. The lowest BCUT2D eigenvalue weighted by Gasteiger charge is -2.13. The van der Waals surface area contributed by atoms with Crippen molar-refractivity contribution in [1.29, 1.82) is 0 Å². The highest BCUT2D eigenvalue weighted by molar-refractivity contribution is 7.99. The van der Waals surface area contributed by atoms with Crippen LogP contribution in [0.25, 0.3) is 0 Å². The van der Waals surface area contributed by atoms with Crippen molar-refractivity contribution in [2.24, 2.45) is 0 Å². The molecule has 4 nitrogen and oxygen atoms in total. The van der Waals surface area contributed by atoms with Gasteiger partial charge in [-0.3, -0.25) is 9.59 Å². The number of rotatable bonds is 6. The standard InChI is InChI=1S/C12H18N2O2S/c1-3-17-7-6-9(2)14-12(16)10-4-5-11(15)13-8-10/h4-5,8-9H,3,6-7H2,1-2H3,(H,13,15)(H,14,16). The Hall–Kier alpha value is -1.23. The van der Waals surface area contributed by atoms with Gasteiger partial charge in [0.05, 0.1) is 5.56 Å². The molecule has 1 heterocycles. The van der Waals surface area contributed by atoms with Crippen molar-refractivity contribution in [3.05, 3.63) is 34.2 Å². The van der Waals surface area contributed by atoms with Gasteiger partial charge in [-0.2, -0.15) is 11.8 Å². The normalized spacial score (nSPS) is 12.1. The summed E-state index contributed by atoms with van der Waals surface area (Å²) >= 11 is 1.86. The van der Waals surface area contributed by atoms with Crippen molar-refractivity contribution in [3.63, 3.8) is 0 Å². The van der Waals surface area contributed by atoms with Gasteiger partial charge in [0.2, 0.25) is 5.56 Å². The number of amides is 1. The number of thioether (sulfide) groups is 1. The Bertz CT molecular complexity index is 397. The predicted octanol–water partition coefficient (Wildman–Crippen LogP) is 1.64. The van der Waals surface area contributed by atoms with E-state index in [9.17, 15) is 9.59 Å². The summed E-state index contributed by atoms with van der Waals surface area (Å²) in [5, 5.41) is 2.90. The second kappa shape index (κ2) is 7.17. The molecule has 0 saturated heterocycles. The van der Waals surface area contributed by atoms with Crippen molar-refractivity contribution in [2.45, 2.75) is 26.3 Å². The fourth-order valence-corrected chi connectivity index (χ4v) is 2.14. The number of hydrogen-bond acceptors (Lipinski definition) is 3. The zero-order valence-corrected chi connectivity index (χ0v) is 11.0. The quantitative estimate of drug-likeness (QED) is 0.759. The van der Waals surface area contributed by atoms with Gasteiger partial charge in [0.25, 0.3) is 5.91 Å². The van der Waals surface area contributed by atoms with Crippen molar-refractivity contribution in [3.8, 4) is 0 Å². The zero-order chi connectivity index (χ0) is 12.7. The van der Waals surface area contributed by atoms with Gasteiger partial charge in [-0.1, -0.05) is 6.92 Å². The Morgan fingerprint density at radius 2 is 2.29 bits per heavy atom. The molecule has 0 spiro atoms. The van der Waals surface area contributed by atoms with Crippen LogP contribution < -0.4 is 10.9 Å². The average molecular weight is 254 g/mol. The molecule has 0 radical (unpaired) electrons. The largest absolute Gasteiger partial charge is 0.350 e. The second-order valence-corrected chi connectivity index (χ2v) is 5.20. The first kappa shape index (κ1) is 13.8. The van der Waals surface area contributed by atoms with Crippen LogP contribution in [-0.2, 0) is 0 Å². The first-order chi connectivity index (χ1) is 8.13. The Labute approximate surface area is 105 Å². The third-order valence-corrected chi connectivity index (χ3v) is 3.26. The third-order valence-electron chi connectivity index (χ3n) is 2.32. The van der Waals surface area contributed by atoms with E-state index in [1.165, 1.54) is 18.3 Å². The highest BCUT2D eigenvalue weighted by Crippen LogP contribution is 2.04. The van der Waals surface area contributed by atoms with E-state index in [4.69, 9.17) is 0 Å². The molecule has 1 unspecified atom stereocenters. The average Bonchev–Trinajstić information content (AvgIpc) is 2.30. The maximum Gasteiger partial charge on any atom is 0.252 e. The van der Waals surface area contributed by atoms with E-state index in [1.807, 2.05) is 18.7 Å². The summed E-state index contributed by atoms with van der Waals surface area (Å²) in [5.41, 5.74) is 0.286. The smallest absolute Gasteiger partial charge is 0.252 e. The van der Waals surface area contributed by atoms with Crippen molar-refractivity contribution in [1.82, 2.24) is 10.3 Å². The van der Waals surface area contributed by atoms with Crippen LogP contribution in [0.3, 0.4) is 0 Å². The van der Waals surface area contributed by atoms with Crippen LogP contribution in [0, 0.1) is 0 Å². The number of nitrogens with one attached hydrogen (secondary N) is 2. The molecule has 0 aliphatic carbocycles. The molecule has 1 rings (SSSR count). The van der Waals surface area contributed by atoms with E-state index in [2.05, 4.69) is 17.2 Å². The SMILES string of the molecule is CCSCCC(C)NC(=O)c1ccc(=O)[nH]c1. The minimum Gasteiger partial charge on any atom is -0.350 e. The lowest BCUT2D eigenvalue weighted by Crippen LogP contribution is -2.33. The Morgan fingerprint density at radius 3 is 2.88 bits per heavy atom. The minimum atomic E-state index is -0.200. The van der Waals surface area contributed by atoms with Crippen LogP contribution in [0.1, 0.15) is 30.6 Å². The molecule has 1 aromatic rings. The molecule has 0 saturated carbocycles. The molecule has 0 aromatic carbocycles. The molecule has 2 N–H and O–H groups in total. The number of aromatic nitrogens is 1. The fraction of sp³-hybridized carbons (Fsp3) is 0.500. The van der Waals surface area contributed by atoms with Crippen LogP contribution in [0.5, 0.6) is 0 Å². The molecule has 0 bridgehead atoms. The number of carbonyl (C=O) groups excluding carboxylic acids is 1. The Balaban J connectivity index is 2.43. The molecular weight excluding hydrogens is 236 g/mol. The monoisotopic (exact) mass is 254 g/mol. The zero-order valence-electron chi connectivity index (χ0n) is 10.2. The highest BCUT2D eigenvalue weighted by atomic mass is 32.2. The van der Waals surface area contributed by atoms with E-state index in [0.29, 0.717) is 5.56 Å². The molecule has 1 amide bonds. The van der Waals surface area contributed by atoms with E-state index >= 15 is 0 Å². The van der Waals surface area contributed by atoms with Gasteiger partial charge in [-0.25, -0.2) is 0 Å².